The lowest BCUT2D eigenvalue weighted by molar-refractivity contribution is -0.117. The number of nitrogens with two attached hydrogens (primary N) is 1. The molecule has 3 N–H and O–H groups in total. The van der Waals surface area contributed by atoms with Gasteiger partial charge in [-0.15, -0.1) is 0 Å². The number of rotatable bonds is 6. The largest absolute Gasteiger partial charge is 0.326 e. The summed E-state index contributed by atoms with van der Waals surface area (Å²) in [4.78, 5) is 14.0. The van der Waals surface area contributed by atoms with Crippen molar-refractivity contribution in [3.8, 4) is 0 Å². The summed E-state index contributed by atoms with van der Waals surface area (Å²) in [5.74, 6) is 0.0195. The van der Waals surface area contributed by atoms with Crippen LogP contribution >= 0.6 is 0 Å². The zero-order valence-electron chi connectivity index (χ0n) is 11.4. The van der Waals surface area contributed by atoms with E-state index in [0.717, 1.165) is 17.8 Å². The van der Waals surface area contributed by atoms with E-state index in [1.807, 2.05) is 24.3 Å². The van der Waals surface area contributed by atoms with Gasteiger partial charge in [0.15, 0.2) is 0 Å². The van der Waals surface area contributed by atoms with Crippen LogP contribution in [0.3, 0.4) is 0 Å². The maximum absolute atomic E-state index is 11.9. The molecule has 0 aromatic heterocycles. The van der Waals surface area contributed by atoms with Crippen LogP contribution in [-0.2, 0) is 11.3 Å². The molecule has 0 fully saturated rings. The van der Waals surface area contributed by atoms with Gasteiger partial charge in [0.05, 0.1) is 6.54 Å². The summed E-state index contributed by atoms with van der Waals surface area (Å²) < 4.78 is 0. The molecule has 0 spiro atoms. The van der Waals surface area contributed by atoms with Gasteiger partial charge in [0.1, 0.15) is 0 Å². The summed E-state index contributed by atoms with van der Waals surface area (Å²) in [5, 5.41) is 2.89. The minimum Gasteiger partial charge on any atom is -0.326 e. The second-order valence-corrected chi connectivity index (χ2v) is 4.61. The number of nitrogens with zero attached hydrogens (tertiary/aromatic N) is 1. The zero-order valence-corrected chi connectivity index (χ0v) is 11.4. The van der Waals surface area contributed by atoms with Gasteiger partial charge in [0, 0.05) is 18.3 Å². The Balaban J connectivity index is 2.53. The summed E-state index contributed by atoms with van der Waals surface area (Å²) >= 11 is 0. The summed E-state index contributed by atoms with van der Waals surface area (Å²) in [7, 11) is 0. The Morgan fingerprint density at radius 3 is 2.39 bits per heavy atom. The number of anilines is 1. The van der Waals surface area contributed by atoms with Crippen molar-refractivity contribution in [1.82, 2.24) is 4.90 Å². The molecule has 1 amide bonds. The van der Waals surface area contributed by atoms with Crippen LogP contribution in [0, 0.1) is 0 Å². The van der Waals surface area contributed by atoms with Gasteiger partial charge in [0.2, 0.25) is 5.91 Å². The SMILES string of the molecule is CCN(CC(=O)Nc1ccc(CN)cc1)C(C)C. The quantitative estimate of drug-likeness (QED) is 0.808. The predicted molar refractivity (Wildman–Crippen MR) is 75.3 cm³/mol. The Bertz CT molecular complexity index is 373. The van der Waals surface area contributed by atoms with Crippen molar-refractivity contribution >= 4 is 11.6 Å². The molecule has 100 valence electrons. The molecule has 0 saturated carbocycles. The molecule has 4 nitrogen and oxygen atoms in total. The standard InChI is InChI=1S/C14H23N3O/c1-4-17(11(2)3)10-14(18)16-13-7-5-12(9-15)6-8-13/h5-8,11H,4,9-10,15H2,1-3H3,(H,16,18). The molecule has 0 aliphatic carbocycles. The normalized spacial score (nSPS) is 11.0. The summed E-state index contributed by atoms with van der Waals surface area (Å²) in [6.07, 6.45) is 0. The van der Waals surface area contributed by atoms with E-state index in [-0.39, 0.29) is 5.91 Å². The minimum absolute atomic E-state index is 0.0195. The Kier molecular flexibility index (Phi) is 5.82. The first-order chi connectivity index (χ1) is 8.56. The Morgan fingerprint density at radius 2 is 1.94 bits per heavy atom. The highest BCUT2D eigenvalue weighted by Crippen LogP contribution is 2.09. The van der Waals surface area contributed by atoms with E-state index < -0.39 is 0 Å². The van der Waals surface area contributed by atoms with E-state index in [1.165, 1.54) is 0 Å². The Labute approximate surface area is 109 Å². The number of hydrogen-bond donors (Lipinski definition) is 2. The van der Waals surface area contributed by atoms with Gasteiger partial charge < -0.3 is 11.1 Å². The molecule has 0 saturated heterocycles. The van der Waals surface area contributed by atoms with Gasteiger partial charge in [-0.05, 0) is 38.1 Å². The lowest BCUT2D eigenvalue weighted by Crippen LogP contribution is -2.37. The lowest BCUT2D eigenvalue weighted by atomic mass is 10.2. The van der Waals surface area contributed by atoms with Crippen LogP contribution in [0.15, 0.2) is 24.3 Å². The van der Waals surface area contributed by atoms with Gasteiger partial charge in [-0.3, -0.25) is 9.69 Å². The van der Waals surface area contributed by atoms with Crippen molar-refractivity contribution in [2.75, 3.05) is 18.4 Å². The number of hydrogen-bond acceptors (Lipinski definition) is 3. The first-order valence-corrected chi connectivity index (χ1v) is 6.39. The molecule has 0 radical (unpaired) electrons. The van der Waals surface area contributed by atoms with Crippen molar-refractivity contribution in [2.24, 2.45) is 5.73 Å². The Hall–Kier alpha value is -1.39. The van der Waals surface area contributed by atoms with Gasteiger partial charge in [0.25, 0.3) is 0 Å². The van der Waals surface area contributed by atoms with E-state index in [9.17, 15) is 4.79 Å². The maximum Gasteiger partial charge on any atom is 0.238 e. The third kappa shape index (κ3) is 4.47. The van der Waals surface area contributed by atoms with Crippen molar-refractivity contribution in [2.45, 2.75) is 33.4 Å². The van der Waals surface area contributed by atoms with Crippen LogP contribution in [0.4, 0.5) is 5.69 Å². The van der Waals surface area contributed by atoms with Crippen molar-refractivity contribution < 1.29 is 4.79 Å². The van der Waals surface area contributed by atoms with E-state index in [0.29, 0.717) is 19.1 Å². The molecule has 18 heavy (non-hydrogen) atoms. The molecule has 0 unspecified atom stereocenters. The summed E-state index contributed by atoms with van der Waals surface area (Å²) in [6, 6.07) is 7.99. The van der Waals surface area contributed by atoms with Gasteiger partial charge in [-0.1, -0.05) is 19.1 Å². The van der Waals surface area contributed by atoms with Gasteiger partial charge >= 0.3 is 0 Å². The molecular formula is C14H23N3O. The van der Waals surface area contributed by atoms with Crippen LogP contribution < -0.4 is 11.1 Å². The fraction of sp³-hybridized carbons (Fsp3) is 0.500. The average Bonchev–Trinajstić information content (AvgIpc) is 2.36. The summed E-state index contributed by atoms with van der Waals surface area (Å²) in [5.41, 5.74) is 7.40. The summed E-state index contributed by atoms with van der Waals surface area (Å²) in [6.45, 7) is 8.05. The monoisotopic (exact) mass is 249 g/mol. The van der Waals surface area contributed by atoms with Crippen LogP contribution in [0.25, 0.3) is 0 Å². The molecule has 0 bridgehead atoms. The molecular weight excluding hydrogens is 226 g/mol. The van der Waals surface area contributed by atoms with Gasteiger partial charge in [-0.2, -0.15) is 0 Å². The highest BCUT2D eigenvalue weighted by molar-refractivity contribution is 5.92. The highest BCUT2D eigenvalue weighted by atomic mass is 16.2. The van der Waals surface area contributed by atoms with E-state index >= 15 is 0 Å². The maximum atomic E-state index is 11.9. The highest BCUT2D eigenvalue weighted by Gasteiger charge is 2.11. The fourth-order valence-corrected chi connectivity index (χ4v) is 1.77. The van der Waals surface area contributed by atoms with Crippen molar-refractivity contribution in [1.29, 1.82) is 0 Å². The lowest BCUT2D eigenvalue weighted by Gasteiger charge is -2.23. The second kappa shape index (κ2) is 7.13. The predicted octanol–water partition coefficient (Wildman–Crippen LogP) is 1.81. The smallest absolute Gasteiger partial charge is 0.238 e. The number of benzene rings is 1. The van der Waals surface area contributed by atoms with E-state index in [2.05, 4.69) is 31.0 Å². The van der Waals surface area contributed by atoms with Crippen LogP contribution in [0.1, 0.15) is 26.3 Å². The van der Waals surface area contributed by atoms with Crippen molar-refractivity contribution in [3.05, 3.63) is 29.8 Å². The molecule has 0 heterocycles. The Morgan fingerprint density at radius 1 is 1.33 bits per heavy atom. The molecule has 0 aliphatic heterocycles. The first kappa shape index (κ1) is 14.7. The third-order valence-corrected chi connectivity index (χ3v) is 2.96. The van der Waals surface area contributed by atoms with E-state index in [4.69, 9.17) is 5.73 Å². The van der Waals surface area contributed by atoms with Crippen molar-refractivity contribution in [3.63, 3.8) is 0 Å². The zero-order chi connectivity index (χ0) is 13.5. The number of amides is 1. The second-order valence-electron chi connectivity index (χ2n) is 4.61. The number of likely N-dealkylation sites (N-methyl/N-ethyl adjacent to an activating group) is 1. The third-order valence-electron chi connectivity index (χ3n) is 2.96. The topological polar surface area (TPSA) is 58.4 Å². The number of nitrogens with one attached hydrogen (secondary N) is 1. The van der Waals surface area contributed by atoms with Crippen LogP contribution in [0.5, 0.6) is 0 Å². The molecule has 4 heteroatoms. The minimum atomic E-state index is 0.0195. The molecule has 0 atom stereocenters. The van der Waals surface area contributed by atoms with Gasteiger partial charge in [-0.25, -0.2) is 0 Å². The number of carbonyl (C=O) groups is 1. The number of carbonyl (C=O) groups excluding carboxylic acids is 1. The van der Waals surface area contributed by atoms with E-state index in [1.54, 1.807) is 0 Å². The molecule has 1 rings (SSSR count). The molecule has 1 aromatic carbocycles. The van der Waals surface area contributed by atoms with Crippen LogP contribution in [-0.4, -0.2) is 29.9 Å². The molecule has 0 aliphatic rings. The fourth-order valence-electron chi connectivity index (χ4n) is 1.77. The average molecular weight is 249 g/mol. The molecule has 1 aromatic rings. The first-order valence-electron chi connectivity index (χ1n) is 6.39. The van der Waals surface area contributed by atoms with Crippen LogP contribution in [0.2, 0.25) is 0 Å².